The molecule has 0 unspecified atom stereocenters. The van der Waals surface area contributed by atoms with Gasteiger partial charge in [0, 0.05) is 23.4 Å². The lowest BCUT2D eigenvalue weighted by molar-refractivity contribution is 0.0920. The summed E-state index contributed by atoms with van der Waals surface area (Å²) < 4.78 is 5.27. The molecular formula is C17H24ClNO2. The van der Waals surface area contributed by atoms with Crippen LogP contribution in [0.15, 0.2) is 18.2 Å². The molecule has 0 bridgehead atoms. The van der Waals surface area contributed by atoms with Crippen molar-refractivity contribution in [1.29, 1.82) is 0 Å². The number of amides is 1. The van der Waals surface area contributed by atoms with Gasteiger partial charge in [0.25, 0.3) is 5.91 Å². The lowest BCUT2D eigenvalue weighted by atomic mass is 9.75. The van der Waals surface area contributed by atoms with Crippen LogP contribution >= 0.6 is 11.6 Å². The molecule has 1 aliphatic carbocycles. The maximum atomic E-state index is 12.3. The third-order valence-electron chi connectivity index (χ3n) is 4.49. The number of rotatable bonds is 5. The number of halogens is 1. The van der Waals surface area contributed by atoms with E-state index in [1.165, 1.54) is 19.3 Å². The number of alkyl halides is 1. The summed E-state index contributed by atoms with van der Waals surface area (Å²) >= 11 is 6.16. The normalized spacial score (nSPS) is 17.3. The number of benzene rings is 1. The maximum absolute atomic E-state index is 12.3. The topological polar surface area (TPSA) is 38.3 Å². The standard InChI is InChI=1S/C17H24ClNO2/c1-13-6-7-14(10-15(13)21-2)16(20)19-12-17(11-18)8-4-3-5-9-17/h6-7,10H,3-5,8-9,11-12H2,1-2H3,(H,19,20). The summed E-state index contributed by atoms with van der Waals surface area (Å²) in [7, 11) is 1.62. The zero-order valence-electron chi connectivity index (χ0n) is 12.9. The first-order valence-corrected chi connectivity index (χ1v) is 8.12. The first-order chi connectivity index (χ1) is 10.1. The van der Waals surface area contributed by atoms with E-state index in [1.807, 2.05) is 19.1 Å². The first kappa shape index (κ1) is 16.2. The van der Waals surface area contributed by atoms with Crippen LogP contribution in [0.4, 0.5) is 0 Å². The van der Waals surface area contributed by atoms with Gasteiger partial charge in [0.2, 0.25) is 0 Å². The van der Waals surface area contributed by atoms with Crippen LogP contribution in [-0.2, 0) is 0 Å². The zero-order valence-corrected chi connectivity index (χ0v) is 13.6. The number of aryl methyl sites for hydroxylation is 1. The number of carbonyl (C=O) groups excluding carboxylic acids is 1. The number of methoxy groups -OCH3 is 1. The zero-order chi connectivity index (χ0) is 15.3. The van der Waals surface area contributed by atoms with E-state index in [9.17, 15) is 4.79 Å². The van der Waals surface area contributed by atoms with Crippen LogP contribution in [0.3, 0.4) is 0 Å². The summed E-state index contributed by atoms with van der Waals surface area (Å²) in [6.07, 6.45) is 5.91. The average molecular weight is 310 g/mol. The van der Waals surface area contributed by atoms with Gasteiger partial charge in [-0.15, -0.1) is 11.6 Å². The largest absolute Gasteiger partial charge is 0.496 e. The minimum atomic E-state index is -0.0524. The van der Waals surface area contributed by atoms with Crippen molar-refractivity contribution in [2.24, 2.45) is 5.41 Å². The molecule has 2 rings (SSSR count). The van der Waals surface area contributed by atoms with Gasteiger partial charge in [0.1, 0.15) is 5.75 Å². The van der Waals surface area contributed by atoms with Gasteiger partial charge in [-0.1, -0.05) is 25.3 Å². The Morgan fingerprint density at radius 3 is 2.67 bits per heavy atom. The molecule has 1 aromatic rings. The van der Waals surface area contributed by atoms with Crippen LogP contribution in [0.5, 0.6) is 5.75 Å². The van der Waals surface area contributed by atoms with Gasteiger partial charge in [-0.05, 0) is 37.5 Å². The van der Waals surface area contributed by atoms with E-state index in [-0.39, 0.29) is 11.3 Å². The minimum absolute atomic E-state index is 0.0524. The molecule has 116 valence electrons. The molecule has 1 saturated carbocycles. The Morgan fingerprint density at radius 1 is 1.33 bits per heavy atom. The van der Waals surface area contributed by atoms with Crippen molar-refractivity contribution in [3.8, 4) is 5.75 Å². The number of ether oxygens (including phenoxy) is 1. The van der Waals surface area contributed by atoms with Crippen molar-refractivity contribution in [3.05, 3.63) is 29.3 Å². The second kappa shape index (κ2) is 7.17. The van der Waals surface area contributed by atoms with Crippen molar-refractivity contribution >= 4 is 17.5 Å². The highest BCUT2D eigenvalue weighted by Crippen LogP contribution is 2.36. The molecule has 4 heteroatoms. The molecule has 0 heterocycles. The Kier molecular flexibility index (Phi) is 5.51. The summed E-state index contributed by atoms with van der Waals surface area (Å²) in [4.78, 5) is 12.3. The number of nitrogens with one attached hydrogen (secondary N) is 1. The molecule has 0 radical (unpaired) electrons. The summed E-state index contributed by atoms with van der Waals surface area (Å²) in [5, 5.41) is 3.05. The van der Waals surface area contributed by atoms with Gasteiger partial charge < -0.3 is 10.1 Å². The summed E-state index contributed by atoms with van der Waals surface area (Å²) in [6.45, 7) is 2.62. The van der Waals surface area contributed by atoms with Crippen molar-refractivity contribution in [2.45, 2.75) is 39.0 Å². The third kappa shape index (κ3) is 3.91. The van der Waals surface area contributed by atoms with Crippen LogP contribution in [-0.4, -0.2) is 25.4 Å². The Morgan fingerprint density at radius 2 is 2.05 bits per heavy atom. The van der Waals surface area contributed by atoms with Crippen LogP contribution in [0.25, 0.3) is 0 Å². The first-order valence-electron chi connectivity index (χ1n) is 7.59. The van der Waals surface area contributed by atoms with Crippen LogP contribution < -0.4 is 10.1 Å². The molecule has 0 aliphatic heterocycles. The van der Waals surface area contributed by atoms with Crippen molar-refractivity contribution < 1.29 is 9.53 Å². The predicted molar refractivity (Wildman–Crippen MR) is 86.3 cm³/mol. The van der Waals surface area contributed by atoms with Crippen molar-refractivity contribution in [1.82, 2.24) is 5.32 Å². The highest BCUT2D eigenvalue weighted by Gasteiger charge is 2.31. The molecule has 1 fully saturated rings. The number of hydrogen-bond acceptors (Lipinski definition) is 2. The Labute approximate surface area is 132 Å². The smallest absolute Gasteiger partial charge is 0.251 e. The molecule has 0 aromatic heterocycles. The second-order valence-corrected chi connectivity index (χ2v) is 6.33. The lowest BCUT2D eigenvalue weighted by Crippen LogP contribution is -2.40. The van der Waals surface area contributed by atoms with Gasteiger partial charge in [-0.3, -0.25) is 4.79 Å². The highest BCUT2D eigenvalue weighted by atomic mass is 35.5. The van der Waals surface area contributed by atoms with Crippen LogP contribution in [0, 0.1) is 12.3 Å². The van der Waals surface area contributed by atoms with E-state index in [0.717, 1.165) is 24.2 Å². The fourth-order valence-corrected chi connectivity index (χ4v) is 3.35. The fourth-order valence-electron chi connectivity index (χ4n) is 2.99. The molecule has 1 aliphatic rings. The van der Waals surface area contributed by atoms with E-state index < -0.39 is 0 Å². The van der Waals surface area contributed by atoms with Crippen LogP contribution in [0.1, 0.15) is 48.0 Å². The Balaban J connectivity index is 2.01. The summed E-state index contributed by atoms with van der Waals surface area (Å²) in [6, 6.07) is 5.53. The van der Waals surface area contributed by atoms with Gasteiger partial charge in [0.05, 0.1) is 7.11 Å². The van der Waals surface area contributed by atoms with Gasteiger partial charge in [-0.2, -0.15) is 0 Å². The van der Waals surface area contributed by atoms with E-state index in [2.05, 4.69) is 5.32 Å². The molecule has 1 aromatic carbocycles. The number of carbonyl (C=O) groups is 1. The van der Waals surface area contributed by atoms with E-state index in [0.29, 0.717) is 18.0 Å². The number of hydrogen-bond donors (Lipinski definition) is 1. The molecule has 1 N–H and O–H groups in total. The molecule has 21 heavy (non-hydrogen) atoms. The van der Waals surface area contributed by atoms with Crippen molar-refractivity contribution in [3.63, 3.8) is 0 Å². The van der Waals surface area contributed by atoms with E-state index in [1.54, 1.807) is 13.2 Å². The monoisotopic (exact) mass is 309 g/mol. The van der Waals surface area contributed by atoms with Gasteiger partial charge in [-0.25, -0.2) is 0 Å². The maximum Gasteiger partial charge on any atom is 0.251 e. The Hall–Kier alpha value is -1.22. The predicted octanol–water partition coefficient (Wildman–Crippen LogP) is 3.92. The highest BCUT2D eigenvalue weighted by molar-refractivity contribution is 6.18. The Bertz CT molecular complexity index is 496. The van der Waals surface area contributed by atoms with Crippen LogP contribution in [0.2, 0.25) is 0 Å². The molecule has 3 nitrogen and oxygen atoms in total. The lowest BCUT2D eigenvalue weighted by Gasteiger charge is -2.35. The molecular weight excluding hydrogens is 286 g/mol. The van der Waals surface area contributed by atoms with E-state index >= 15 is 0 Å². The molecule has 0 atom stereocenters. The molecule has 0 saturated heterocycles. The molecule has 1 amide bonds. The second-order valence-electron chi connectivity index (χ2n) is 6.06. The average Bonchev–Trinajstić information content (AvgIpc) is 2.54. The van der Waals surface area contributed by atoms with Gasteiger partial charge in [0.15, 0.2) is 0 Å². The quantitative estimate of drug-likeness (QED) is 0.837. The van der Waals surface area contributed by atoms with E-state index in [4.69, 9.17) is 16.3 Å². The summed E-state index contributed by atoms with van der Waals surface area (Å²) in [5.41, 5.74) is 1.74. The fraction of sp³-hybridized carbons (Fsp3) is 0.588. The third-order valence-corrected chi connectivity index (χ3v) is 5.06. The van der Waals surface area contributed by atoms with Crippen molar-refractivity contribution in [2.75, 3.05) is 19.5 Å². The van der Waals surface area contributed by atoms with Gasteiger partial charge >= 0.3 is 0 Å². The SMILES string of the molecule is COc1cc(C(=O)NCC2(CCl)CCCCC2)ccc1C. The minimum Gasteiger partial charge on any atom is -0.496 e. The summed E-state index contributed by atoms with van der Waals surface area (Å²) in [5.74, 6) is 1.31. The molecule has 0 spiro atoms.